The highest BCUT2D eigenvalue weighted by atomic mass is 16.5. The van der Waals surface area contributed by atoms with E-state index in [0.717, 1.165) is 28.8 Å². The Hall–Kier alpha value is -3.23. The Kier molecular flexibility index (Phi) is 5.19. The Morgan fingerprint density at radius 1 is 1.28 bits per heavy atom. The van der Waals surface area contributed by atoms with Gasteiger partial charge in [0.05, 0.1) is 31.0 Å². The monoisotopic (exact) mass is 433 g/mol. The van der Waals surface area contributed by atoms with E-state index in [4.69, 9.17) is 4.74 Å². The number of hydrogen-bond acceptors (Lipinski definition) is 6. The first-order valence-electron chi connectivity index (χ1n) is 10.9. The van der Waals surface area contributed by atoms with Crippen molar-refractivity contribution in [3.8, 4) is 17.0 Å². The molecule has 3 aliphatic heterocycles. The average molecular weight is 434 g/mol. The number of piperazine rings is 1. The number of nitrogens with zero attached hydrogens (tertiary/aromatic N) is 4. The number of H-pyrrole nitrogens is 1. The summed E-state index contributed by atoms with van der Waals surface area (Å²) < 4.78 is 5.86. The minimum absolute atomic E-state index is 0.0128. The van der Waals surface area contributed by atoms with E-state index < -0.39 is 0 Å². The lowest BCUT2D eigenvalue weighted by Gasteiger charge is -2.45. The van der Waals surface area contributed by atoms with Crippen LogP contribution in [0.5, 0.6) is 5.75 Å². The first-order chi connectivity index (χ1) is 15.5. The number of aryl methyl sites for hydroxylation is 1. The Labute approximate surface area is 186 Å². The second kappa shape index (κ2) is 8.03. The molecule has 2 N–H and O–H groups in total. The molecule has 32 heavy (non-hydrogen) atoms. The molecule has 3 saturated heterocycles. The Bertz CT molecular complexity index is 1190. The summed E-state index contributed by atoms with van der Waals surface area (Å²) in [5, 5.41) is 19.9. The lowest BCUT2D eigenvalue weighted by Crippen LogP contribution is -2.59. The normalized spacial score (nSPS) is 22.1. The maximum atomic E-state index is 12.3. The van der Waals surface area contributed by atoms with Crippen LogP contribution in [0.3, 0.4) is 0 Å². The van der Waals surface area contributed by atoms with Gasteiger partial charge in [-0.3, -0.25) is 9.69 Å². The van der Waals surface area contributed by atoms with Crippen molar-refractivity contribution in [1.29, 1.82) is 0 Å². The molecule has 3 fully saturated rings. The SMILES string of the molecule is C=CC(=O)N1CC2COCC1CN2[C@H](C)c1[nH]c2nnc(-c3ccccc3O)cc2c1C. The maximum Gasteiger partial charge on any atom is 0.246 e. The summed E-state index contributed by atoms with van der Waals surface area (Å²) in [6.07, 6.45) is 1.39. The number of fused-ring (bicyclic) bond motifs is 5. The van der Waals surface area contributed by atoms with E-state index in [1.54, 1.807) is 12.1 Å². The van der Waals surface area contributed by atoms with Crippen LogP contribution in [0.4, 0.5) is 0 Å². The summed E-state index contributed by atoms with van der Waals surface area (Å²) >= 11 is 0. The quantitative estimate of drug-likeness (QED) is 0.615. The minimum atomic E-state index is -0.0356. The van der Waals surface area contributed by atoms with Crippen LogP contribution < -0.4 is 0 Å². The molecule has 3 aliphatic rings. The first kappa shape index (κ1) is 20.7. The number of nitrogens with one attached hydrogen (secondary N) is 1. The summed E-state index contributed by atoms with van der Waals surface area (Å²) in [5.74, 6) is 0.147. The summed E-state index contributed by atoms with van der Waals surface area (Å²) in [4.78, 5) is 20.1. The molecule has 5 heterocycles. The molecule has 166 valence electrons. The highest BCUT2D eigenvalue weighted by Crippen LogP contribution is 2.35. The maximum absolute atomic E-state index is 12.3. The number of aromatic nitrogens is 3. The number of ether oxygens (including phenoxy) is 1. The van der Waals surface area contributed by atoms with E-state index in [1.165, 1.54) is 6.08 Å². The van der Waals surface area contributed by atoms with Crippen molar-refractivity contribution >= 4 is 16.9 Å². The summed E-state index contributed by atoms with van der Waals surface area (Å²) in [6, 6.07) is 9.33. The number of phenols is 1. The van der Waals surface area contributed by atoms with Gasteiger partial charge in [-0.1, -0.05) is 18.7 Å². The van der Waals surface area contributed by atoms with Gasteiger partial charge < -0.3 is 19.7 Å². The third kappa shape index (κ3) is 3.36. The second-order valence-corrected chi connectivity index (χ2v) is 8.59. The molecule has 3 aromatic rings. The Balaban J connectivity index is 1.47. The molecule has 1 amide bonds. The third-order valence-corrected chi connectivity index (χ3v) is 6.77. The van der Waals surface area contributed by atoms with E-state index in [1.807, 2.05) is 23.1 Å². The van der Waals surface area contributed by atoms with Gasteiger partial charge in [0, 0.05) is 35.8 Å². The van der Waals surface area contributed by atoms with Crippen molar-refractivity contribution in [3.05, 3.63) is 54.2 Å². The summed E-state index contributed by atoms with van der Waals surface area (Å²) in [6.45, 7) is 10.4. The number of benzene rings is 1. The number of para-hydroxylation sites is 1. The van der Waals surface area contributed by atoms with Crippen LogP contribution in [0.25, 0.3) is 22.3 Å². The van der Waals surface area contributed by atoms with Crippen molar-refractivity contribution in [1.82, 2.24) is 25.0 Å². The Morgan fingerprint density at radius 3 is 2.84 bits per heavy atom. The molecule has 0 aliphatic carbocycles. The van der Waals surface area contributed by atoms with E-state index in [-0.39, 0.29) is 29.8 Å². The fourth-order valence-electron chi connectivity index (χ4n) is 5.01. The number of hydrogen-bond donors (Lipinski definition) is 2. The van der Waals surface area contributed by atoms with E-state index in [2.05, 4.69) is 40.5 Å². The second-order valence-electron chi connectivity index (χ2n) is 8.59. The van der Waals surface area contributed by atoms with Crippen LogP contribution in [0, 0.1) is 6.92 Å². The number of phenolic OH excluding ortho intramolecular Hbond substituents is 1. The smallest absolute Gasteiger partial charge is 0.246 e. The van der Waals surface area contributed by atoms with Gasteiger partial charge in [0.1, 0.15) is 5.75 Å². The molecular weight excluding hydrogens is 406 g/mol. The zero-order chi connectivity index (χ0) is 22.4. The van der Waals surface area contributed by atoms with Crippen LogP contribution >= 0.6 is 0 Å². The molecule has 6 rings (SSSR count). The average Bonchev–Trinajstić information content (AvgIpc) is 2.96. The molecule has 0 spiro atoms. The molecule has 2 unspecified atom stereocenters. The van der Waals surface area contributed by atoms with Gasteiger partial charge in [-0.15, -0.1) is 10.2 Å². The minimum Gasteiger partial charge on any atom is -0.507 e. The number of carbonyl (C=O) groups excluding carboxylic acids is 1. The standard InChI is InChI=1S/C24H27N5O3/c1-4-22(31)29-11-16-12-32-13-17(29)10-28(16)15(3)23-14(2)19-9-20(26-27-24(19)25-23)18-7-5-6-8-21(18)30/h4-9,15-17,30H,1,10-13H2,2-3H3,(H,25,27)/t15-,16?,17?/m1/s1. The predicted octanol–water partition coefficient (Wildman–Crippen LogP) is 2.80. The van der Waals surface area contributed by atoms with Crippen LogP contribution in [0.1, 0.15) is 24.2 Å². The third-order valence-electron chi connectivity index (χ3n) is 6.77. The number of rotatable bonds is 4. The lowest BCUT2D eigenvalue weighted by molar-refractivity contribution is -0.132. The van der Waals surface area contributed by atoms with Crippen molar-refractivity contribution in [2.75, 3.05) is 26.3 Å². The van der Waals surface area contributed by atoms with Crippen molar-refractivity contribution < 1.29 is 14.6 Å². The van der Waals surface area contributed by atoms with Crippen LogP contribution in [0.15, 0.2) is 43.0 Å². The number of aromatic amines is 1. The molecule has 1 aromatic carbocycles. The lowest BCUT2D eigenvalue weighted by atomic mass is 10.0. The number of amides is 1. The molecule has 0 saturated carbocycles. The van der Waals surface area contributed by atoms with Gasteiger partial charge in [-0.25, -0.2) is 0 Å². The zero-order valence-electron chi connectivity index (χ0n) is 18.3. The number of carbonyl (C=O) groups is 1. The molecule has 3 atom stereocenters. The van der Waals surface area contributed by atoms with Gasteiger partial charge in [0.15, 0.2) is 5.65 Å². The fourth-order valence-corrected chi connectivity index (χ4v) is 5.01. The Morgan fingerprint density at radius 2 is 2.06 bits per heavy atom. The van der Waals surface area contributed by atoms with Crippen LogP contribution in [-0.4, -0.2) is 74.4 Å². The number of aromatic hydroxyl groups is 1. The van der Waals surface area contributed by atoms with E-state index >= 15 is 0 Å². The van der Waals surface area contributed by atoms with Gasteiger partial charge in [-0.05, 0) is 43.7 Å². The highest BCUT2D eigenvalue weighted by Gasteiger charge is 2.41. The fraction of sp³-hybridized carbons (Fsp3) is 0.375. The first-order valence-corrected chi connectivity index (χ1v) is 10.9. The molecule has 0 radical (unpaired) electrons. The largest absolute Gasteiger partial charge is 0.507 e. The summed E-state index contributed by atoms with van der Waals surface area (Å²) in [5.41, 5.74) is 4.21. The van der Waals surface area contributed by atoms with Gasteiger partial charge in [0.25, 0.3) is 0 Å². The van der Waals surface area contributed by atoms with Gasteiger partial charge >= 0.3 is 0 Å². The van der Waals surface area contributed by atoms with Gasteiger partial charge in [0.2, 0.25) is 5.91 Å². The van der Waals surface area contributed by atoms with Crippen molar-refractivity contribution in [3.63, 3.8) is 0 Å². The van der Waals surface area contributed by atoms with E-state index in [9.17, 15) is 9.90 Å². The molecule has 2 aromatic heterocycles. The van der Waals surface area contributed by atoms with Crippen LogP contribution in [0.2, 0.25) is 0 Å². The van der Waals surface area contributed by atoms with Crippen LogP contribution in [-0.2, 0) is 9.53 Å². The van der Waals surface area contributed by atoms with Crippen molar-refractivity contribution in [2.24, 2.45) is 0 Å². The molecule has 8 nitrogen and oxygen atoms in total. The summed E-state index contributed by atoms with van der Waals surface area (Å²) in [7, 11) is 0. The molecule has 2 bridgehead atoms. The zero-order valence-corrected chi connectivity index (χ0v) is 18.3. The molecule has 8 heteroatoms. The van der Waals surface area contributed by atoms with Gasteiger partial charge in [-0.2, -0.15) is 0 Å². The van der Waals surface area contributed by atoms with E-state index in [0.29, 0.717) is 31.0 Å². The predicted molar refractivity (Wildman–Crippen MR) is 121 cm³/mol. The highest BCUT2D eigenvalue weighted by molar-refractivity contribution is 5.87. The van der Waals surface area contributed by atoms with Crippen molar-refractivity contribution in [2.45, 2.75) is 32.0 Å². The molecular formula is C24H27N5O3. The topological polar surface area (TPSA) is 94.6 Å².